The van der Waals surface area contributed by atoms with E-state index in [1.54, 1.807) is 0 Å². The van der Waals surface area contributed by atoms with Gasteiger partial charge in [0.15, 0.2) is 0 Å². The van der Waals surface area contributed by atoms with Crippen molar-refractivity contribution in [2.24, 2.45) is 5.92 Å². The molecule has 0 radical (unpaired) electrons. The molecule has 120 valence electrons. The van der Waals surface area contributed by atoms with Crippen LogP contribution in [0.2, 0.25) is 0 Å². The van der Waals surface area contributed by atoms with E-state index in [0.29, 0.717) is 0 Å². The number of hydrogen-bond donors (Lipinski definition) is 0. The van der Waals surface area contributed by atoms with Crippen molar-refractivity contribution in [1.82, 2.24) is 0 Å². The van der Waals surface area contributed by atoms with E-state index in [2.05, 4.69) is 0 Å². The van der Waals surface area contributed by atoms with Gasteiger partial charge in [-0.3, -0.25) is 4.79 Å². The largest absolute Gasteiger partial charge is 0.408 e. The van der Waals surface area contributed by atoms with Crippen LogP contribution in [0.15, 0.2) is 0 Å². The Hall–Kier alpha value is 0.170. The highest BCUT2D eigenvalue weighted by molar-refractivity contribution is 8.73. The Labute approximate surface area is 120 Å². The average molecular weight is 364 g/mol. The molecule has 0 fully saturated rings. The monoisotopic (exact) mass is 364 g/mol. The van der Waals surface area contributed by atoms with Crippen LogP contribution in [0, 0.1) is 5.92 Å². The molecule has 0 aliphatic carbocycles. The summed E-state index contributed by atoms with van der Waals surface area (Å²) >= 11 is 4.38. The molecular formula is C8H11F6O3PS2. The van der Waals surface area contributed by atoms with Crippen LogP contribution in [0.1, 0.15) is 13.8 Å². The van der Waals surface area contributed by atoms with Gasteiger partial charge in [-0.05, 0) is 25.7 Å². The quantitative estimate of drug-likeness (QED) is 0.519. The van der Waals surface area contributed by atoms with Crippen LogP contribution in [-0.2, 0) is 25.6 Å². The van der Waals surface area contributed by atoms with Gasteiger partial charge < -0.3 is 9.05 Å². The molecule has 0 amide bonds. The maximum Gasteiger partial charge on any atom is 0.408 e. The third kappa shape index (κ3) is 6.30. The zero-order valence-electron chi connectivity index (χ0n) is 10.2. The van der Waals surface area contributed by atoms with Crippen molar-refractivity contribution in [1.29, 1.82) is 0 Å². The summed E-state index contributed by atoms with van der Waals surface area (Å²) in [6, 6.07) is 0. The average Bonchev–Trinajstić information content (AvgIpc) is 2.11. The second kappa shape index (κ2) is 7.44. The zero-order chi connectivity index (χ0) is 16.2. The van der Waals surface area contributed by atoms with Crippen molar-refractivity contribution < 1.29 is 40.2 Å². The molecule has 0 aromatic carbocycles. The number of hydrogen-bond acceptors (Lipinski definition) is 5. The zero-order valence-corrected chi connectivity index (χ0v) is 12.8. The van der Waals surface area contributed by atoms with Crippen molar-refractivity contribution in [3.8, 4) is 0 Å². The van der Waals surface area contributed by atoms with Crippen molar-refractivity contribution in [2.75, 3.05) is 13.2 Å². The van der Waals surface area contributed by atoms with Crippen LogP contribution in [-0.4, -0.2) is 30.7 Å². The summed E-state index contributed by atoms with van der Waals surface area (Å²) in [4.78, 5) is 11.3. The molecule has 3 nitrogen and oxygen atoms in total. The molecule has 0 saturated heterocycles. The summed E-state index contributed by atoms with van der Waals surface area (Å²) in [5, 5.41) is -2.17. The normalized spacial score (nSPS) is 13.8. The lowest BCUT2D eigenvalue weighted by Crippen LogP contribution is -2.41. The van der Waals surface area contributed by atoms with Crippen molar-refractivity contribution in [3.63, 3.8) is 0 Å². The Bertz CT molecular complexity index is 359. The third-order valence-corrected chi connectivity index (χ3v) is 6.60. The SMILES string of the molecule is CCOP(=S)(OCC)SC(=O)C(C(F)(F)F)C(F)(F)F. The molecule has 0 saturated carbocycles. The van der Waals surface area contributed by atoms with Crippen LogP contribution in [0.3, 0.4) is 0 Å². The Balaban J connectivity index is 5.25. The summed E-state index contributed by atoms with van der Waals surface area (Å²) < 4.78 is 83.8. The highest BCUT2D eigenvalue weighted by Gasteiger charge is 2.61. The van der Waals surface area contributed by atoms with Gasteiger partial charge in [0.25, 0.3) is 5.69 Å². The van der Waals surface area contributed by atoms with Crippen LogP contribution >= 0.6 is 17.1 Å². The lowest BCUT2D eigenvalue weighted by molar-refractivity contribution is -0.270. The fourth-order valence-electron chi connectivity index (χ4n) is 1.02. The topological polar surface area (TPSA) is 35.5 Å². The first kappa shape index (κ1) is 20.2. The number of carbonyl (C=O) groups excluding carboxylic acids is 1. The van der Waals surface area contributed by atoms with Crippen molar-refractivity contribution in [2.45, 2.75) is 26.2 Å². The van der Waals surface area contributed by atoms with E-state index in [-0.39, 0.29) is 24.6 Å². The summed E-state index contributed by atoms with van der Waals surface area (Å²) in [5.41, 5.74) is -3.57. The van der Waals surface area contributed by atoms with Crippen LogP contribution in [0.25, 0.3) is 0 Å². The summed E-state index contributed by atoms with van der Waals surface area (Å²) in [5.74, 6) is -4.11. The van der Waals surface area contributed by atoms with Gasteiger partial charge in [0.1, 0.15) is 0 Å². The molecule has 0 heterocycles. The Morgan fingerprint density at radius 3 is 1.70 bits per heavy atom. The van der Waals surface area contributed by atoms with E-state index in [9.17, 15) is 31.1 Å². The van der Waals surface area contributed by atoms with Gasteiger partial charge in [-0.15, -0.1) is 0 Å². The van der Waals surface area contributed by atoms with Crippen LogP contribution in [0.4, 0.5) is 26.3 Å². The fraction of sp³-hybridized carbons (Fsp3) is 0.875. The predicted molar refractivity (Wildman–Crippen MR) is 65.7 cm³/mol. The second-order valence-corrected chi connectivity index (χ2v) is 9.33. The van der Waals surface area contributed by atoms with Gasteiger partial charge in [0.05, 0.1) is 13.2 Å². The maximum atomic E-state index is 12.4. The van der Waals surface area contributed by atoms with E-state index < -0.39 is 29.1 Å². The highest BCUT2D eigenvalue weighted by atomic mass is 32.9. The first-order chi connectivity index (χ1) is 8.87. The van der Waals surface area contributed by atoms with Crippen molar-refractivity contribution >= 4 is 34.0 Å². The van der Waals surface area contributed by atoms with E-state index in [1.165, 1.54) is 13.8 Å². The predicted octanol–water partition coefficient (Wildman–Crippen LogP) is 4.28. The summed E-state index contributed by atoms with van der Waals surface area (Å²) in [7, 11) is 0. The molecule has 12 heteroatoms. The van der Waals surface area contributed by atoms with Gasteiger partial charge in [0, 0.05) is 11.4 Å². The molecule has 20 heavy (non-hydrogen) atoms. The first-order valence-corrected chi connectivity index (χ1v) is 9.19. The smallest absolute Gasteiger partial charge is 0.322 e. The molecule has 0 aromatic rings. The highest BCUT2D eigenvalue weighted by Crippen LogP contribution is 2.63. The third-order valence-electron chi connectivity index (χ3n) is 1.67. The van der Waals surface area contributed by atoms with Crippen LogP contribution in [0.5, 0.6) is 0 Å². The Morgan fingerprint density at radius 1 is 1.10 bits per heavy atom. The fourth-order valence-corrected chi connectivity index (χ4v) is 5.65. The van der Waals surface area contributed by atoms with Gasteiger partial charge in [-0.1, -0.05) is 0 Å². The minimum absolute atomic E-state index is 0.0970. The molecule has 0 rings (SSSR count). The van der Waals surface area contributed by atoms with E-state index in [0.717, 1.165) is 0 Å². The summed E-state index contributed by atoms with van der Waals surface area (Å²) in [6.45, 7) is 2.66. The standard InChI is InChI=1S/C8H11F6O3PS2/c1-3-16-18(19,17-4-2)20-6(15)5(7(9,10)11)8(12,13)14/h5H,3-4H2,1-2H3. The summed E-state index contributed by atoms with van der Waals surface area (Å²) in [6.07, 6.45) is -11.5. The molecule has 0 aliphatic heterocycles. The molecule has 0 bridgehead atoms. The number of carbonyl (C=O) groups is 1. The number of rotatable bonds is 6. The van der Waals surface area contributed by atoms with Crippen molar-refractivity contribution in [3.05, 3.63) is 0 Å². The molecular weight excluding hydrogens is 353 g/mol. The Kier molecular flexibility index (Phi) is 7.50. The first-order valence-electron chi connectivity index (χ1n) is 5.13. The minimum Gasteiger partial charge on any atom is -0.322 e. The molecule has 0 atom stereocenters. The second-order valence-electron chi connectivity index (χ2n) is 3.21. The number of halogens is 6. The van der Waals surface area contributed by atoms with Crippen LogP contribution < -0.4 is 0 Å². The lowest BCUT2D eigenvalue weighted by Gasteiger charge is -2.24. The molecule has 0 N–H and O–H groups in total. The van der Waals surface area contributed by atoms with Gasteiger partial charge in [-0.2, -0.15) is 26.3 Å². The van der Waals surface area contributed by atoms with E-state index in [1.807, 2.05) is 0 Å². The molecule has 0 aromatic heterocycles. The number of alkyl halides is 6. The van der Waals surface area contributed by atoms with Gasteiger partial charge in [0.2, 0.25) is 11.0 Å². The lowest BCUT2D eigenvalue weighted by atomic mass is 10.1. The van der Waals surface area contributed by atoms with E-state index >= 15 is 0 Å². The molecule has 0 aliphatic rings. The van der Waals surface area contributed by atoms with Gasteiger partial charge in [-0.25, -0.2) is 0 Å². The Morgan fingerprint density at radius 2 is 1.45 bits per heavy atom. The maximum absolute atomic E-state index is 12.4. The minimum atomic E-state index is -5.75. The van der Waals surface area contributed by atoms with E-state index in [4.69, 9.17) is 20.9 Å². The van der Waals surface area contributed by atoms with Gasteiger partial charge >= 0.3 is 12.4 Å². The molecule has 0 spiro atoms. The molecule has 0 unspecified atom stereocenters.